The first kappa shape index (κ1) is 22.0. The summed E-state index contributed by atoms with van der Waals surface area (Å²) in [6.07, 6.45) is 0.901. The van der Waals surface area contributed by atoms with Crippen LogP contribution >= 0.6 is 0 Å². The maximum atomic E-state index is 12.8. The van der Waals surface area contributed by atoms with Crippen LogP contribution in [0.5, 0.6) is 0 Å². The van der Waals surface area contributed by atoms with Gasteiger partial charge in [-0.3, -0.25) is 19.3 Å². The molecule has 1 fully saturated rings. The number of hydrogen-bond acceptors (Lipinski definition) is 4. The summed E-state index contributed by atoms with van der Waals surface area (Å²) < 4.78 is 0. The number of nitrogens with one attached hydrogen (secondary N) is 1. The Labute approximate surface area is 189 Å². The molecule has 2 aromatic rings. The highest BCUT2D eigenvalue weighted by Crippen LogP contribution is 2.27. The number of piperazine rings is 1. The van der Waals surface area contributed by atoms with Crippen LogP contribution in [0.4, 0.5) is 5.69 Å². The van der Waals surface area contributed by atoms with Crippen LogP contribution in [0, 0.1) is 13.8 Å². The standard InChI is InChI=1S/C25H30N4O3/c1-18-13-19(2)15-21(14-18)25(32)26-16-23(30)28-11-9-27(10-12-28)17-24(31)29-8-7-20-5-3-4-6-22(20)29/h3-6,13-15H,7-12,16-17H2,1-2H3,(H,26,32). The summed E-state index contributed by atoms with van der Waals surface area (Å²) in [7, 11) is 0. The molecule has 2 aromatic carbocycles. The Morgan fingerprint density at radius 2 is 1.56 bits per heavy atom. The molecule has 0 unspecified atom stereocenters. The molecular formula is C25H30N4O3. The lowest BCUT2D eigenvalue weighted by Crippen LogP contribution is -2.53. The van der Waals surface area contributed by atoms with Gasteiger partial charge in [-0.25, -0.2) is 0 Å². The number of hydrogen-bond donors (Lipinski definition) is 1. The minimum absolute atomic E-state index is 0.0185. The van der Waals surface area contributed by atoms with Crippen molar-refractivity contribution in [2.75, 3.05) is 50.7 Å². The Morgan fingerprint density at radius 3 is 2.28 bits per heavy atom. The van der Waals surface area contributed by atoms with E-state index in [0.717, 1.165) is 29.8 Å². The van der Waals surface area contributed by atoms with Gasteiger partial charge >= 0.3 is 0 Å². The number of rotatable bonds is 5. The van der Waals surface area contributed by atoms with Crippen LogP contribution in [0.3, 0.4) is 0 Å². The number of para-hydroxylation sites is 1. The van der Waals surface area contributed by atoms with Crippen molar-refractivity contribution < 1.29 is 14.4 Å². The minimum atomic E-state index is -0.236. The van der Waals surface area contributed by atoms with E-state index in [4.69, 9.17) is 0 Å². The molecule has 2 heterocycles. The number of anilines is 1. The van der Waals surface area contributed by atoms with E-state index < -0.39 is 0 Å². The van der Waals surface area contributed by atoms with Crippen molar-refractivity contribution in [1.29, 1.82) is 0 Å². The Bertz CT molecular complexity index is 1010. The van der Waals surface area contributed by atoms with Gasteiger partial charge in [-0.15, -0.1) is 0 Å². The van der Waals surface area contributed by atoms with E-state index in [1.165, 1.54) is 5.56 Å². The molecule has 2 aliphatic rings. The second-order valence-corrected chi connectivity index (χ2v) is 8.64. The molecular weight excluding hydrogens is 404 g/mol. The van der Waals surface area contributed by atoms with Crippen molar-refractivity contribution in [2.45, 2.75) is 20.3 Å². The number of nitrogens with zero attached hydrogens (tertiary/aromatic N) is 3. The molecule has 2 aliphatic heterocycles. The average Bonchev–Trinajstić information content (AvgIpc) is 3.21. The van der Waals surface area contributed by atoms with Crippen molar-refractivity contribution in [3.05, 3.63) is 64.7 Å². The van der Waals surface area contributed by atoms with Crippen LogP contribution < -0.4 is 10.2 Å². The molecule has 1 saturated heterocycles. The van der Waals surface area contributed by atoms with Crippen molar-refractivity contribution in [2.24, 2.45) is 0 Å². The van der Waals surface area contributed by atoms with E-state index >= 15 is 0 Å². The average molecular weight is 435 g/mol. The highest BCUT2D eigenvalue weighted by molar-refractivity contribution is 5.97. The van der Waals surface area contributed by atoms with Crippen molar-refractivity contribution in [1.82, 2.24) is 15.1 Å². The maximum Gasteiger partial charge on any atom is 0.251 e. The minimum Gasteiger partial charge on any atom is -0.343 e. The molecule has 0 saturated carbocycles. The largest absolute Gasteiger partial charge is 0.343 e. The van der Waals surface area contributed by atoms with Gasteiger partial charge in [0.15, 0.2) is 0 Å². The molecule has 7 heteroatoms. The summed E-state index contributed by atoms with van der Waals surface area (Å²) in [6, 6.07) is 13.7. The van der Waals surface area contributed by atoms with E-state index in [-0.39, 0.29) is 24.3 Å². The summed E-state index contributed by atoms with van der Waals surface area (Å²) >= 11 is 0. The van der Waals surface area contributed by atoms with Crippen LogP contribution in [0.15, 0.2) is 42.5 Å². The predicted octanol–water partition coefficient (Wildman–Crippen LogP) is 1.77. The van der Waals surface area contributed by atoms with Gasteiger partial charge in [0.05, 0.1) is 13.1 Å². The Morgan fingerprint density at radius 1 is 0.875 bits per heavy atom. The highest BCUT2D eigenvalue weighted by Gasteiger charge is 2.28. The molecule has 4 rings (SSSR count). The number of carbonyl (C=O) groups excluding carboxylic acids is 3. The number of carbonyl (C=O) groups is 3. The predicted molar refractivity (Wildman–Crippen MR) is 124 cm³/mol. The SMILES string of the molecule is Cc1cc(C)cc(C(=O)NCC(=O)N2CCN(CC(=O)N3CCc4ccccc43)CC2)c1. The normalized spacial score (nSPS) is 16.1. The molecule has 0 aliphatic carbocycles. The summed E-state index contributed by atoms with van der Waals surface area (Å²) in [5.41, 5.74) is 4.85. The van der Waals surface area contributed by atoms with Crippen molar-refractivity contribution in [3.63, 3.8) is 0 Å². The van der Waals surface area contributed by atoms with E-state index in [9.17, 15) is 14.4 Å². The van der Waals surface area contributed by atoms with Gasteiger partial charge in [-0.1, -0.05) is 35.4 Å². The molecule has 0 aromatic heterocycles. The smallest absolute Gasteiger partial charge is 0.251 e. The fourth-order valence-corrected chi connectivity index (χ4v) is 4.50. The molecule has 0 radical (unpaired) electrons. The van der Waals surface area contributed by atoms with Gasteiger partial charge in [-0.2, -0.15) is 0 Å². The van der Waals surface area contributed by atoms with Crippen LogP contribution in [-0.4, -0.2) is 73.3 Å². The quantitative estimate of drug-likeness (QED) is 0.779. The van der Waals surface area contributed by atoms with Gasteiger partial charge in [0.1, 0.15) is 0 Å². The van der Waals surface area contributed by atoms with Gasteiger partial charge < -0.3 is 15.1 Å². The summed E-state index contributed by atoms with van der Waals surface area (Å²) in [4.78, 5) is 43.5. The zero-order valence-electron chi connectivity index (χ0n) is 18.8. The molecule has 7 nitrogen and oxygen atoms in total. The fourth-order valence-electron chi connectivity index (χ4n) is 4.50. The summed E-state index contributed by atoms with van der Waals surface area (Å²) in [5, 5.41) is 2.74. The second-order valence-electron chi connectivity index (χ2n) is 8.64. The number of amides is 3. The first-order valence-electron chi connectivity index (χ1n) is 11.2. The third-order valence-electron chi connectivity index (χ3n) is 6.16. The zero-order chi connectivity index (χ0) is 22.7. The van der Waals surface area contributed by atoms with E-state index in [0.29, 0.717) is 38.3 Å². The fraction of sp³-hybridized carbons (Fsp3) is 0.400. The molecule has 168 valence electrons. The van der Waals surface area contributed by atoms with Gasteiger partial charge in [0.25, 0.3) is 5.91 Å². The van der Waals surface area contributed by atoms with E-state index in [1.54, 1.807) is 4.90 Å². The Hall–Kier alpha value is -3.19. The molecule has 0 spiro atoms. The lowest BCUT2D eigenvalue weighted by molar-refractivity contribution is -0.132. The topological polar surface area (TPSA) is 73.0 Å². The zero-order valence-corrected chi connectivity index (χ0v) is 18.8. The number of fused-ring (bicyclic) bond motifs is 1. The number of benzene rings is 2. The Balaban J connectivity index is 1.22. The third kappa shape index (κ3) is 4.99. The first-order chi connectivity index (χ1) is 15.4. The van der Waals surface area contributed by atoms with Crippen LogP contribution in [0.2, 0.25) is 0 Å². The number of aryl methyl sites for hydroxylation is 2. The van der Waals surface area contributed by atoms with Crippen LogP contribution in [-0.2, 0) is 16.0 Å². The van der Waals surface area contributed by atoms with E-state index in [1.807, 2.05) is 55.1 Å². The second kappa shape index (κ2) is 9.53. The lowest BCUT2D eigenvalue weighted by Gasteiger charge is -2.35. The van der Waals surface area contributed by atoms with E-state index in [2.05, 4.69) is 16.3 Å². The molecule has 0 bridgehead atoms. The van der Waals surface area contributed by atoms with Gasteiger partial charge in [0, 0.05) is 44.0 Å². The highest BCUT2D eigenvalue weighted by atomic mass is 16.2. The maximum absolute atomic E-state index is 12.8. The van der Waals surface area contributed by atoms with Crippen molar-refractivity contribution >= 4 is 23.4 Å². The lowest BCUT2D eigenvalue weighted by atomic mass is 10.1. The first-order valence-corrected chi connectivity index (χ1v) is 11.2. The molecule has 1 N–H and O–H groups in total. The summed E-state index contributed by atoms with van der Waals surface area (Å²) in [5.74, 6) is -0.224. The monoisotopic (exact) mass is 434 g/mol. The Kier molecular flexibility index (Phi) is 6.55. The summed E-state index contributed by atoms with van der Waals surface area (Å²) in [6.45, 7) is 7.38. The molecule has 32 heavy (non-hydrogen) atoms. The van der Waals surface area contributed by atoms with Crippen LogP contribution in [0.1, 0.15) is 27.0 Å². The van der Waals surface area contributed by atoms with Crippen LogP contribution in [0.25, 0.3) is 0 Å². The molecule has 0 atom stereocenters. The van der Waals surface area contributed by atoms with Crippen molar-refractivity contribution in [3.8, 4) is 0 Å². The van der Waals surface area contributed by atoms with Gasteiger partial charge in [0.2, 0.25) is 11.8 Å². The molecule has 3 amide bonds. The van der Waals surface area contributed by atoms with Gasteiger partial charge in [-0.05, 0) is 44.0 Å². The third-order valence-corrected chi connectivity index (χ3v) is 6.16.